The molecule has 1 aromatic rings. The van der Waals surface area contributed by atoms with Crippen LogP contribution in [-0.4, -0.2) is 62.1 Å². The molecule has 8 heteroatoms. The van der Waals surface area contributed by atoms with Crippen molar-refractivity contribution in [1.29, 1.82) is 0 Å². The summed E-state index contributed by atoms with van der Waals surface area (Å²) in [5.74, 6) is -2.10. The van der Waals surface area contributed by atoms with Crippen molar-refractivity contribution in [3.05, 3.63) is 35.9 Å². The summed E-state index contributed by atoms with van der Waals surface area (Å²) in [6.07, 6.45) is 2.24. The van der Waals surface area contributed by atoms with E-state index in [2.05, 4.69) is 5.32 Å². The molecule has 3 atom stereocenters. The van der Waals surface area contributed by atoms with E-state index < -0.39 is 27.5 Å². The van der Waals surface area contributed by atoms with Gasteiger partial charge in [0.1, 0.15) is 11.8 Å². The molecule has 0 aliphatic carbocycles. The van der Waals surface area contributed by atoms with Gasteiger partial charge >= 0.3 is 0 Å². The first-order valence-corrected chi connectivity index (χ1v) is 12.4. The number of likely N-dealkylation sites (tertiary alicyclic amines) is 1. The first-order chi connectivity index (χ1) is 14.0. The molecule has 2 amide bonds. The number of piperidine rings is 1. The maximum Gasteiger partial charge on any atom is 0.244 e. The Balaban J connectivity index is 2.02. The Kier molecular flexibility index (Phi) is 8.18. The highest BCUT2D eigenvalue weighted by Crippen LogP contribution is 2.25. The summed E-state index contributed by atoms with van der Waals surface area (Å²) < 4.78 is 22.8. The van der Waals surface area contributed by atoms with E-state index in [0.717, 1.165) is 11.8 Å². The lowest BCUT2D eigenvalue weighted by Gasteiger charge is -2.34. The van der Waals surface area contributed by atoms with E-state index in [-0.39, 0.29) is 36.0 Å². The van der Waals surface area contributed by atoms with Gasteiger partial charge in [-0.2, -0.15) is 0 Å². The summed E-state index contributed by atoms with van der Waals surface area (Å²) in [5.41, 5.74) is 0.897. The number of carbonyl (C=O) groups is 3. The normalized spacial score (nSPS) is 19.2. The van der Waals surface area contributed by atoms with Gasteiger partial charge in [-0.05, 0) is 31.2 Å². The molecule has 1 aliphatic heterocycles. The van der Waals surface area contributed by atoms with Crippen LogP contribution < -0.4 is 5.32 Å². The second-order valence-electron chi connectivity index (χ2n) is 8.52. The molecule has 166 valence electrons. The topological polar surface area (TPSA) is 101 Å². The van der Waals surface area contributed by atoms with Crippen LogP contribution in [0.5, 0.6) is 0 Å². The van der Waals surface area contributed by atoms with Gasteiger partial charge in [0.25, 0.3) is 0 Å². The van der Waals surface area contributed by atoms with Crippen molar-refractivity contribution in [3.8, 4) is 0 Å². The van der Waals surface area contributed by atoms with E-state index in [1.165, 1.54) is 0 Å². The molecule has 1 heterocycles. The van der Waals surface area contributed by atoms with Crippen molar-refractivity contribution in [3.63, 3.8) is 0 Å². The number of amides is 2. The molecular weight excluding hydrogens is 404 g/mol. The van der Waals surface area contributed by atoms with Crippen LogP contribution in [0.25, 0.3) is 0 Å². The summed E-state index contributed by atoms with van der Waals surface area (Å²) >= 11 is 0. The van der Waals surface area contributed by atoms with Gasteiger partial charge in [-0.25, -0.2) is 8.42 Å². The zero-order valence-electron chi connectivity index (χ0n) is 18.1. The molecular formula is C22H32N2O5S. The summed E-state index contributed by atoms with van der Waals surface area (Å²) in [7, 11) is -3.40. The van der Waals surface area contributed by atoms with Gasteiger partial charge in [-0.3, -0.25) is 14.4 Å². The van der Waals surface area contributed by atoms with Gasteiger partial charge in [0.2, 0.25) is 11.8 Å². The largest absolute Gasteiger partial charge is 0.344 e. The molecule has 2 rings (SSSR count). The van der Waals surface area contributed by atoms with E-state index in [1.54, 1.807) is 11.8 Å². The summed E-state index contributed by atoms with van der Waals surface area (Å²) in [4.78, 5) is 39.6. The minimum atomic E-state index is -3.40. The lowest BCUT2D eigenvalue weighted by Crippen LogP contribution is -2.52. The lowest BCUT2D eigenvalue weighted by molar-refractivity contribution is -0.139. The van der Waals surface area contributed by atoms with E-state index in [0.29, 0.717) is 19.4 Å². The van der Waals surface area contributed by atoms with E-state index in [9.17, 15) is 22.8 Å². The molecule has 0 aromatic heterocycles. The number of ketones is 1. The first-order valence-electron chi connectivity index (χ1n) is 10.3. The van der Waals surface area contributed by atoms with Crippen LogP contribution in [0, 0.1) is 11.8 Å². The number of benzene rings is 1. The molecule has 0 saturated carbocycles. The molecule has 0 bridgehead atoms. The number of sulfone groups is 1. The molecule has 1 fully saturated rings. The molecule has 1 N–H and O–H groups in total. The smallest absolute Gasteiger partial charge is 0.244 e. The van der Waals surface area contributed by atoms with E-state index >= 15 is 0 Å². The maximum absolute atomic E-state index is 12.9. The SMILES string of the molecule is CC(C)[C@H](C(=O)N[C@H](C)C(=O)N1CCC[C@@H](C(=O)CS(C)(=O)=O)C1)c1ccccc1. The number of Topliss-reactive ketones (excluding diaryl/α,β-unsaturated/α-hetero) is 1. The summed E-state index contributed by atoms with van der Waals surface area (Å²) in [6, 6.07) is 8.73. The van der Waals surface area contributed by atoms with Gasteiger partial charge in [0.15, 0.2) is 15.6 Å². The van der Waals surface area contributed by atoms with Crippen LogP contribution in [0.1, 0.15) is 45.1 Å². The number of nitrogens with zero attached hydrogens (tertiary/aromatic N) is 1. The van der Waals surface area contributed by atoms with Gasteiger partial charge in [0, 0.05) is 25.3 Å². The van der Waals surface area contributed by atoms with E-state index in [1.807, 2.05) is 44.2 Å². The second-order valence-corrected chi connectivity index (χ2v) is 10.7. The van der Waals surface area contributed by atoms with Crippen LogP contribution >= 0.6 is 0 Å². The van der Waals surface area contributed by atoms with Gasteiger partial charge in [-0.15, -0.1) is 0 Å². The Morgan fingerprint density at radius 2 is 1.77 bits per heavy atom. The Hall–Kier alpha value is -2.22. The number of nitrogens with one attached hydrogen (secondary N) is 1. The average molecular weight is 437 g/mol. The number of hydrogen-bond acceptors (Lipinski definition) is 5. The zero-order valence-corrected chi connectivity index (χ0v) is 18.9. The third-order valence-corrected chi connectivity index (χ3v) is 6.24. The van der Waals surface area contributed by atoms with Gasteiger partial charge in [-0.1, -0.05) is 44.2 Å². The van der Waals surface area contributed by atoms with Crippen molar-refractivity contribution in [2.45, 2.75) is 45.6 Å². The highest BCUT2D eigenvalue weighted by atomic mass is 32.2. The van der Waals surface area contributed by atoms with Crippen molar-refractivity contribution in [1.82, 2.24) is 10.2 Å². The van der Waals surface area contributed by atoms with Gasteiger partial charge < -0.3 is 10.2 Å². The standard InChI is InChI=1S/C22H32N2O5S/c1-15(2)20(17-9-6-5-7-10-17)21(26)23-16(3)22(27)24-12-8-11-18(13-24)19(25)14-30(4,28)29/h5-7,9-10,15-16,18,20H,8,11-14H2,1-4H3,(H,23,26)/t16-,18-,20+/m1/s1. The predicted octanol–water partition coefficient (Wildman–Crippen LogP) is 1.78. The number of hydrogen-bond donors (Lipinski definition) is 1. The first kappa shape index (κ1) is 24.1. The predicted molar refractivity (Wildman–Crippen MR) is 116 cm³/mol. The molecule has 0 unspecified atom stereocenters. The van der Waals surface area contributed by atoms with E-state index in [4.69, 9.17) is 0 Å². The summed E-state index contributed by atoms with van der Waals surface area (Å²) in [5, 5.41) is 2.83. The Bertz CT molecular complexity index is 867. The Morgan fingerprint density at radius 3 is 2.33 bits per heavy atom. The zero-order chi connectivity index (χ0) is 22.5. The molecule has 1 aromatic carbocycles. The number of carbonyl (C=O) groups excluding carboxylic acids is 3. The molecule has 1 aliphatic rings. The number of rotatable bonds is 8. The molecule has 30 heavy (non-hydrogen) atoms. The minimum absolute atomic E-state index is 0.0580. The quantitative estimate of drug-likeness (QED) is 0.670. The van der Waals surface area contributed by atoms with Crippen molar-refractivity contribution in [2.24, 2.45) is 11.8 Å². The van der Waals surface area contributed by atoms with Gasteiger partial charge in [0.05, 0.1) is 5.92 Å². The third kappa shape index (κ3) is 6.65. The van der Waals surface area contributed by atoms with Crippen LogP contribution in [0.4, 0.5) is 0 Å². The summed E-state index contributed by atoms with van der Waals surface area (Å²) in [6.45, 7) is 6.26. The maximum atomic E-state index is 12.9. The van der Waals surface area contributed by atoms with Crippen LogP contribution in [-0.2, 0) is 24.2 Å². The van der Waals surface area contributed by atoms with Crippen molar-refractivity contribution < 1.29 is 22.8 Å². The monoisotopic (exact) mass is 436 g/mol. The molecule has 0 radical (unpaired) electrons. The second kappa shape index (κ2) is 10.2. The fraction of sp³-hybridized carbons (Fsp3) is 0.591. The Morgan fingerprint density at radius 1 is 1.13 bits per heavy atom. The van der Waals surface area contributed by atoms with Crippen LogP contribution in [0.15, 0.2) is 30.3 Å². The highest BCUT2D eigenvalue weighted by Gasteiger charge is 2.33. The molecule has 7 nitrogen and oxygen atoms in total. The molecule has 1 saturated heterocycles. The molecule has 0 spiro atoms. The third-order valence-electron chi connectivity index (χ3n) is 5.43. The Labute approximate surface area is 179 Å². The fourth-order valence-electron chi connectivity index (χ4n) is 3.95. The van der Waals surface area contributed by atoms with Crippen LogP contribution in [0.3, 0.4) is 0 Å². The minimum Gasteiger partial charge on any atom is -0.344 e. The fourth-order valence-corrected chi connectivity index (χ4v) is 4.71. The van der Waals surface area contributed by atoms with Crippen molar-refractivity contribution in [2.75, 3.05) is 25.1 Å². The average Bonchev–Trinajstić information content (AvgIpc) is 2.66. The lowest BCUT2D eigenvalue weighted by atomic mass is 9.87. The van der Waals surface area contributed by atoms with Crippen molar-refractivity contribution >= 4 is 27.4 Å². The van der Waals surface area contributed by atoms with Crippen LogP contribution in [0.2, 0.25) is 0 Å². The highest BCUT2D eigenvalue weighted by molar-refractivity contribution is 7.91.